The topological polar surface area (TPSA) is 63.2 Å². The molecule has 0 unspecified atom stereocenters. The highest BCUT2D eigenvalue weighted by molar-refractivity contribution is 7.22. The van der Waals surface area contributed by atoms with Crippen LogP contribution in [0.2, 0.25) is 0 Å². The second kappa shape index (κ2) is 6.91. The molecule has 2 heterocycles. The molecule has 7 heteroatoms. The van der Waals surface area contributed by atoms with Crippen LogP contribution in [0.3, 0.4) is 0 Å². The van der Waals surface area contributed by atoms with Crippen LogP contribution < -0.4 is 10.6 Å². The van der Waals surface area contributed by atoms with E-state index in [0.717, 1.165) is 28.9 Å². The summed E-state index contributed by atoms with van der Waals surface area (Å²) in [4.78, 5) is 17.1. The fourth-order valence-electron chi connectivity index (χ4n) is 2.71. The Bertz CT molecular complexity index is 668. The number of fused-ring (bicyclic) bond motifs is 1. The van der Waals surface area contributed by atoms with Crippen molar-refractivity contribution >= 4 is 45.0 Å². The molecule has 1 aliphatic rings. The van der Waals surface area contributed by atoms with Gasteiger partial charge in [-0.3, -0.25) is 10.1 Å². The summed E-state index contributed by atoms with van der Waals surface area (Å²) in [5.41, 5.74) is 1.33. The molecule has 0 bridgehead atoms. The lowest BCUT2D eigenvalue weighted by Crippen LogP contribution is -2.51. The molecule has 5 nitrogen and oxygen atoms in total. The number of carbonyl (C=O) groups is 1. The minimum Gasteiger partial charge on any atom is -0.368 e. The Morgan fingerprint density at radius 2 is 2.14 bits per heavy atom. The maximum absolute atomic E-state index is 12.6. The Balaban J connectivity index is 0.00000176. The first-order chi connectivity index (χ1) is 10.1. The molecule has 3 rings (SSSR count). The molecule has 2 N–H and O–H groups in total. The number of piperidine rings is 1. The minimum atomic E-state index is -0.738. The van der Waals surface area contributed by atoms with Crippen molar-refractivity contribution in [2.24, 2.45) is 0 Å². The average Bonchev–Trinajstić information content (AvgIpc) is 2.92. The summed E-state index contributed by atoms with van der Waals surface area (Å²) in [6, 6.07) is 6.05. The summed E-state index contributed by atoms with van der Waals surface area (Å²) in [5.74, 6) is -0.0943. The van der Waals surface area contributed by atoms with E-state index in [2.05, 4.69) is 15.6 Å². The van der Waals surface area contributed by atoms with Crippen molar-refractivity contribution in [2.45, 2.75) is 25.4 Å². The number of ether oxygens (including phenoxy) is 1. The summed E-state index contributed by atoms with van der Waals surface area (Å²) in [5, 5.41) is 6.82. The Labute approximate surface area is 139 Å². The number of anilines is 1. The van der Waals surface area contributed by atoms with Crippen LogP contribution in [0.25, 0.3) is 10.2 Å². The van der Waals surface area contributed by atoms with E-state index in [-0.39, 0.29) is 18.3 Å². The predicted molar refractivity (Wildman–Crippen MR) is 92.1 cm³/mol. The lowest BCUT2D eigenvalue weighted by molar-refractivity contribution is -0.140. The molecule has 0 saturated carbocycles. The Morgan fingerprint density at radius 3 is 2.77 bits per heavy atom. The van der Waals surface area contributed by atoms with Gasteiger partial charge in [0.05, 0.1) is 10.2 Å². The summed E-state index contributed by atoms with van der Waals surface area (Å²) >= 11 is 1.50. The smallest absolute Gasteiger partial charge is 0.258 e. The number of thiazole rings is 1. The standard InChI is InChI=1S/C15H19N3O2S.ClH/c1-10-4-3-5-11-12(10)17-14(21-11)18-13(19)15(20-2)6-8-16-9-7-15;/h3-5,16H,6-9H2,1-2H3,(H,17,18,19);1H. The predicted octanol–water partition coefficient (Wildman–Crippen LogP) is 2.73. The van der Waals surface area contributed by atoms with Crippen molar-refractivity contribution in [3.63, 3.8) is 0 Å². The number of hydrogen-bond acceptors (Lipinski definition) is 5. The highest BCUT2D eigenvalue weighted by Crippen LogP contribution is 2.30. The monoisotopic (exact) mass is 341 g/mol. The number of aryl methyl sites for hydroxylation is 1. The van der Waals surface area contributed by atoms with E-state index >= 15 is 0 Å². The highest BCUT2D eigenvalue weighted by Gasteiger charge is 2.40. The van der Waals surface area contributed by atoms with Crippen molar-refractivity contribution in [1.29, 1.82) is 0 Å². The van der Waals surface area contributed by atoms with E-state index in [0.29, 0.717) is 18.0 Å². The molecular weight excluding hydrogens is 322 g/mol. The van der Waals surface area contributed by atoms with Gasteiger partial charge in [-0.1, -0.05) is 23.5 Å². The molecular formula is C15H20ClN3O2S. The second-order valence-corrected chi connectivity index (χ2v) is 6.37. The van der Waals surface area contributed by atoms with Gasteiger partial charge in [-0.05, 0) is 44.5 Å². The molecule has 0 aliphatic carbocycles. The van der Waals surface area contributed by atoms with Gasteiger partial charge in [0.2, 0.25) is 0 Å². The normalized spacial score (nSPS) is 17.0. The molecule has 2 aromatic rings. The zero-order valence-corrected chi connectivity index (χ0v) is 14.3. The third-order valence-electron chi connectivity index (χ3n) is 4.06. The lowest BCUT2D eigenvalue weighted by atomic mass is 9.91. The SMILES string of the molecule is COC1(C(=O)Nc2nc3c(C)cccc3s2)CCNCC1.Cl. The van der Waals surface area contributed by atoms with Gasteiger partial charge >= 0.3 is 0 Å². The van der Waals surface area contributed by atoms with E-state index in [1.165, 1.54) is 11.3 Å². The number of aromatic nitrogens is 1. The first kappa shape index (κ1) is 17.1. The first-order valence-electron chi connectivity index (χ1n) is 7.08. The number of halogens is 1. The first-order valence-corrected chi connectivity index (χ1v) is 7.90. The molecule has 0 atom stereocenters. The highest BCUT2D eigenvalue weighted by atomic mass is 35.5. The largest absolute Gasteiger partial charge is 0.368 e. The van der Waals surface area contributed by atoms with Gasteiger partial charge in [-0.2, -0.15) is 0 Å². The number of para-hydroxylation sites is 1. The van der Waals surface area contributed by atoms with Crippen LogP contribution in [0.5, 0.6) is 0 Å². The Kier molecular flexibility index (Phi) is 5.39. The number of nitrogens with one attached hydrogen (secondary N) is 2. The third kappa shape index (κ3) is 3.10. The maximum Gasteiger partial charge on any atom is 0.258 e. The number of amides is 1. The van der Waals surface area contributed by atoms with Crippen molar-refractivity contribution in [2.75, 3.05) is 25.5 Å². The van der Waals surface area contributed by atoms with E-state index in [9.17, 15) is 4.79 Å². The van der Waals surface area contributed by atoms with Crippen molar-refractivity contribution in [3.8, 4) is 0 Å². The molecule has 1 aliphatic heterocycles. The van der Waals surface area contributed by atoms with Crippen molar-refractivity contribution < 1.29 is 9.53 Å². The molecule has 1 aromatic carbocycles. The molecule has 0 spiro atoms. The van der Waals surface area contributed by atoms with E-state index in [4.69, 9.17) is 4.74 Å². The van der Waals surface area contributed by atoms with Gasteiger partial charge in [0.15, 0.2) is 5.13 Å². The lowest BCUT2D eigenvalue weighted by Gasteiger charge is -2.34. The number of nitrogens with zero attached hydrogens (tertiary/aromatic N) is 1. The van der Waals surface area contributed by atoms with Gasteiger partial charge < -0.3 is 10.1 Å². The van der Waals surface area contributed by atoms with Gasteiger partial charge in [-0.25, -0.2) is 4.98 Å². The number of carbonyl (C=O) groups excluding carboxylic acids is 1. The van der Waals surface area contributed by atoms with Gasteiger partial charge in [0.25, 0.3) is 5.91 Å². The average molecular weight is 342 g/mol. The Morgan fingerprint density at radius 1 is 1.41 bits per heavy atom. The van der Waals surface area contributed by atoms with Gasteiger partial charge in [0.1, 0.15) is 5.60 Å². The van der Waals surface area contributed by atoms with E-state index < -0.39 is 5.60 Å². The number of rotatable bonds is 3. The van der Waals surface area contributed by atoms with Crippen molar-refractivity contribution in [1.82, 2.24) is 10.3 Å². The number of hydrogen-bond donors (Lipinski definition) is 2. The van der Waals surface area contributed by atoms with Crippen molar-refractivity contribution in [3.05, 3.63) is 23.8 Å². The van der Waals surface area contributed by atoms with Gasteiger partial charge in [0, 0.05) is 7.11 Å². The number of benzene rings is 1. The minimum absolute atomic E-state index is 0. The summed E-state index contributed by atoms with van der Waals surface area (Å²) in [7, 11) is 1.60. The summed E-state index contributed by atoms with van der Waals surface area (Å²) in [6.07, 6.45) is 1.36. The zero-order valence-electron chi connectivity index (χ0n) is 12.6. The number of methoxy groups -OCH3 is 1. The maximum atomic E-state index is 12.6. The fourth-order valence-corrected chi connectivity index (χ4v) is 3.64. The van der Waals surface area contributed by atoms with E-state index in [1.807, 2.05) is 25.1 Å². The molecule has 1 fully saturated rings. The van der Waals surface area contributed by atoms with Crippen LogP contribution in [0.15, 0.2) is 18.2 Å². The van der Waals surface area contributed by atoms with Crippen LogP contribution >= 0.6 is 23.7 Å². The molecule has 120 valence electrons. The van der Waals surface area contributed by atoms with Crippen LogP contribution in [0, 0.1) is 6.92 Å². The quantitative estimate of drug-likeness (QED) is 0.901. The summed E-state index contributed by atoms with van der Waals surface area (Å²) < 4.78 is 6.62. The third-order valence-corrected chi connectivity index (χ3v) is 4.99. The van der Waals surface area contributed by atoms with E-state index in [1.54, 1.807) is 7.11 Å². The molecule has 1 saturated heterocycles. The van der Waals surface area contributed by atoms with Crippen LogP contribution in [0.4, 0.5) is 5.13 Å². The fraction of sp³-hybridized carbons (Fsp3) is 0.467. The molecule has 22 heavy (non-hydrogen) atoms. The zero-order chi connectivity index (χ0) is 14.9. The molecule has 0 radical (unpaired) electrons. The summed E-state index contributed by atoms with van der Waals surface area (Å²) in [6.45, 7) is 3.61. The van der Waals surface area contributed by atoms with Crippen LogP contribution in [0.1, 0.15) is 18.4 Å². The van der Waals surface area contributed by atoms with Crippen LogP contribution in [-0.4, -0.2) is 36.7 Å². The molecule has 1 aromatic heterocycles. The molecule has 1 amide bonds. The van der Waals surface area contributed by atoms with Gasteiger partial charge in [-0.15, -0.1) is 12.4 Å². The Hall–Kier alpha value is -1.21. The second-order valence-electron chi connectivity index (χ2n) is 5.34. The van der Waals surface area contributed by atoms with Crippen LogP contribution in [-0.2, 0) is 9.53 Å².